The third-order valence-corrected chi connectivity index (χ3v) is 3.00. The SMILES string of the molecule is Cc1c(C2CCNCC2)ncn1C. The number of aryl methyl sites for hydroxylation is 1. The summed E-state index contributed by atoms with van der Waals surface area (Å²) in [4.78, 5) is 4.47. The van der Waals surface area contributed by atoms with Crippen molar-refractivity contribution in [1.29, 1.82) is 0 Å². The normalized spacial score (nSPS) is 19.2. The molecule has 0 aromatic carbocycles. The van der Waals surface area contributed by atoms with Crippen LogP contribution in [0.5, 0.6) is 0 Å². The lowest BCUT2D eigenvalue weighted by Crippen LogP contribution is -2.27. The second kappa shape index (κ2) is 3.50. The number of hydrogen-bond acceptors (Lipinski definition) is 2. The smallest absolute Gasteiger partial charge is 0.0949 e. The second-order valence-corrected chi connectivity index (χ2v) is 3.85. The molecular formula is C10H17N3. The molecule has 1 fully saturated rings. The highest BCUT2D eigenvalue weighted by Crippen LogP contribution is 2.25. The summed E-state index contributed by atoms with van der Waals surface area (Å²) in [5.74, 6) is 0.683. The highest BCUT2D eigenvalue weighted by molar-refractivity contribution is 5.16. The van der Waals surface area contributed by atoms with Crippen LogP contribution in [0.1, 0.15) is 30.1 Å². The van der Waals surface area contributed by atoms with Gasteiger partial charge in [0, 0.05) is 18.7 Å². The van der Waals surface area contributed by atoms with Crippen molar-refractivity contribution in [3.8, 4) is 0 Å². The van der Waals surface area contributed by atoms with Crippen LogP contribution in [0.4, 0.5) is 0 Å². The number of hydrogen-bond donors (Lipinski definition) is 1. The molecule has 0 atom stereocenters. The first kappa shape index (κ1) is 8.75. The average Bonchev–Trinajstić information content (AvgIpc) is 2.49. The molecule has 1 saturated heterocycles. The first-order chi connectivity index (χ1) is 6.29. The molecule has 3 heteroatoms. The van der Waals surface area contributed by atoms with Crippen molar-refractivity contribution in [1.82, 2.24) is 14.9 Å². The van der Waals surface area contributed by atoms with Crippen molar-refractivity contribution >= 4 is 0 Å². The summed E-state index contributed by atoms with van der Waals surface area (Å²) >= 11 is 0. The van der Waals surface area contributed by atoms with E-state index in [4.69, 9.17) is 0 Å². The lowest BCUT2D eigenvalue weighted by Gasteiger charge is -2.21. The third-order valence-electron chi connectivity index (χ3n) is 3.00. The summed E-state index contributed by atoms with van der Waals surface area (Å²) in [6, 6.07) is 0. The number of nitrogens with zero attached hydrogens (tertiary/aromatic N) is 2. The van der Waals surface area contributed by atoms with Gasteiger partial charge in [0.25, 0.3) is 0 Å². The van der Waals surface area contributed by atoms with Gasteiger partial charge in [-0.25, -0.2) is 4.98 Å². The predicted molar refractivity (Wildman–Crippen MR) is 52.8 cm³/mol. The summed E-state index contributed by atoms with van der Waals surface area (Å²) in [6.45, 7) is 4.44. The van der Waals surface area contributed by atoms with Gasteiger partial charge in [-0.2, -0.15) is 0 Å². The van der Waals surface area contributed by atoms with Crippen molar-refractivity contribution in [3.05, 3.63) is 17.7 Å². The maximum absolute atomic E-state index is 4.47. The van der Waals surface area contributed by atoms with Crippen LogP contribution in [0.15, 0.2) is 6.33 Å². The maximum atomic E-state index is 4.47. The topological polar surface area (TPSA) is 29.9 Å². The molecule has 1 aliphatic heterocycles. The van der Waals surface area contributed by atoms with E-state index in [1.807, 2.05) is 6.33 Å². The Labute approximate surface area is 79.2 Å². The van der Waals surface area contributed by atoms with E-state index in [9.17, 15) is 0 Å². The Kier molecular flexibility index (Phi) is 2.36. The van der Waals surface area contributed by atoms with Crippen LogP contribution in [0.2, 0.25) is 0 Å². The van der Waals surface area contributed by atoms with Crippen LogP contribution in [-0.2, 0) is 7.05 Å². The van der Waals surface area contributed by atoms with Gasteiger partial charge in [-0.15, -0.1) is 0 Å². The molecule has 0 spiro atoms. The Bertz CT molecular complexity index is 284. The van der Waals surface area contributed by atoms with E-state index in [0.29, 0.717) is 5.92 Å². The number of rotatable bonds is 1. The number of piperidine rings is 1. The minimum absolute atomic E-state index is 0.683. The van der Waals surface area contributed by atoms with Crippen molar-refractivity contribution in [2.45, 2.75) is 25.7 Å². The van der Waals surface area contributed by atoms with E-state index in [1.165, 1.54) is 24.2 Å². The predicted octanol–water partition coefficient (Wildman–Crippen LogP) is 1.20. The monoisotopic (exact) mass is 179 g/mol. The molecule has 0 saturated carbocycles. The Morgan fingerprint density at radius 2 is 2.15 bits per heavy atom. The van der Waals surface area contributed by atoms with E-state index in [-0.39, 0.29) is 0 Å². The molecule has 2 rings (SSSR count). The average molecular weight is 179 g/mol. The fraction of sp³-hybridized carbons (Fsp3) is 0.700. The van der Waals surface area contributed by atoms with Crippen LogP contribution in [0.25, 0.3) is 0 Å². The van der Waals surface area contributed by atoms with Gasteiger partial charge in [-0.1, -0.05) is 0 Å². The zero-order valence-corrected chi connectivity index (χ0v) is 8.38. The van der Waals surface area contributed by atoms with Crippen molar-refractivity contribution < 1.29 is 0 Å². The lowest BCUT2D eigenvalue weighted by atomic mass is 9.93. The highest BCUT2D eigenvalue weighted by Gasteiger charge is 2.19. The molecular weight excluding hydrogens is 162 g/mol. The van der Waals surface area contributed by atoms with E-state index >= 15 is 0 Å². The molecule has 13 heavy (non-hydrogen) atoms. The quantitative estimate of drug-likeness (QED) is 0.702. The van der Waals surface area contributed by atoms with Crippen LogP contribution in [-0.4, -0.2) is 22.6 Å². The molecule has 1 aliphatic rings. The summed E-state index contributed by atoms with van der Waals surface area (Å²) < 4.78 is 2.11. The van der Waals surface area contributed by atoms with Gasteiger partial charge < -0.3 is 9.88 Å². The van der Waals surface area contributed by atoms with Crippen molar-refractivity contribution in [3.63, 3.8) is 0 Å². The Balaban J connectivity index is 2.18. The molecule has 1 N–H and O–H groups in total. The van der Waals surface area contributed by atoms with E-state index in [0.717, 1.165) is 13.1 Å². The molecule has 72 valence electrons. The van der Waals surface area contributed by atoms with Gasteiger partial charge in [0.2, 0.25) is 0 Å². The Hall–Kier alpha value is -0.830. The van der Waals surface area contributed by atoms with Gasteiger partial charge >= 0.3 is 0 Å². The lowest BCUT2D eigenvalue weighted by molar-refractivity contribution is 0.452. The van der Waals surface area contributed by atoms with Crippen LogP contribution in [0, 0.1) is 6.92 Å². The highest BCUT2D eigenvalue weighted by atomic mass is 15.0. The standard InChI is InChI=1S/C10H17N3/c1-8-10(12-7-13(8)2)9-3-5-11-6-4-9/h7,9,11H,3-6H2,1-2H3. The van der Waals surface area contributed by atoms with E-state index in [2.05, 4.69) is 28.8 Å². The first-order valence-electron chi connectivity index (χ1n) is 4.97. The van der Waals surface area contributed by atoms with Crippen molar-refractivity contribution in [2.75, 3.05) is 13.1 Å². The maximum Gasteiger partial charge on any atom is 0.0949 e. The minimum atomic E-state index is 0.683. The zero-order valence-electron chi connectivity index (χ0n) is 8.38. The fourth-order valence-corrected chi connectivity index (χ4v) is 2.01. The second-order valence-electron chi connectivity index (χ2n) is 3.85. The molecule has 0 aliphatic carbocycles. The molecule has 1 aromatic rings. The molecule has 2 heterocycles. The van der Waals surface area contributed by atoms with Crippen molar-refractivity contribution in [2.24, 2.45) is 7.05 Å². The zero-order chi connectivity index (χ0) is 9.26. The van der Waals surface area contributed by atoms with Gasteiger partial charge in [0.1, 0.15) is 0 Å². The fourth-order valence-electron chi connectivity index (χ4n) is 2.01. The molecule has 0 radical (unpaired) electrons. The summed E-state index contributed by atoms with van der Waals surface area (Å²) in [7, 11) is 2.06. The molecule has 0 unspecified atom stereocenters. The van der Waals surface area contributed by atoms with Gasteiger partial charge in [-0.3, -0.25) is 0 Å². The first-order valence-corrected chi connectivity index (χ1v) is 4.97. The molecule has 0 bridgehead atoms. The minimum Gasteiger partial charge on any atom is -0.338 e. The molecule has 0 amide bonds. The Morgan fingerprint density at radius 3 is 2.69 bits per heavy atom. The number of nitrogens with one attached hydrogen (secondary N) is 1. The molecule has 3 nitrogen and oxygen atoms in total. The number of imidazole rings is 1. The van der Waals surface area contributed by atoms with Crippen LogP contribution in [0.3, 0.4) is 0 Å². The molecule has 1 aromatic heterocycles. The van der Waals surface area contributed by atoms with E-state index < -0.39 is 0 Å². The Morgan fingerprint density at radius 1 is 1.46 bits per heavy atom. The van der Waals surface area contributed by atoms with Gasteiger partial charge in [-0.05, 0) is 32.9 Å². The third kappa shape index (κ3) is 1.61. The number of aromatic nitrogens is 2. The largest absolute Gasteiger partial charge is 0.338 e. The summed E-state index contributed by atoms with van der Waals surface area (Å²) in [5.41, 5.74) is 2.64. The van der Waals surface area contributed by atoms with Crippen LogP contribution >= 0.6 is 0 Å². The summed E-state index contributed by atoms with van der Waals surface area (Å²) in [5, 5.41) is 3.38. The van der Waals surface area contributed by atoms with E-state index in [1.54, 1.807) is 0 Å². The van der Waals surface area contributed by atoms with Gasteiger partial charge in [0.05, 0.1) is 12.0 Å². The van der Waals surface area contributed by atoms with Gasteiger partial charge in [0.15, 0.2) is 0 Å². The summed E-state index contributed by atoms with van der Waals surface area (Å²) in [6.07, 6.45) is 4.39. The van der Waals surface area contributed by atoms with Crippen LogP contribution < -0.4 is 5.32 Å².